The van der Waals surface area contributed by atoms with Crippen molar-refractivity contribution in [3.63, 3.8) is 0 Å². The molecule has 2 N–H and O–H groups in total. The van der Waals surface area contributed by atoms with Crippen molar-refractivity contribution in [2.45, 2.75) is 79.1 Å². The lowest BCUT2D eigenvalue weighted by atomic mass is 9.83. The normalized spacial score (nSPS) is 14.9. The van der Waals surface area contributed by atoms with Crippen LogP contribution in [0.4, 0.5) is 0 Å². The van der Waals surface area contributed by atoms with Crippen molar-refractivity contribution in [1.29, 1.82) is 0 Å². The van der Waals surface area contributed by atoms with Crippen LogP contribution < -0.4 is 0 Å². The molecule has 0 saturated carbocycles. The lowest BCUT2D eigenvalue weighted by Crippen LogP contribution is -2.04. The van der Waals surface area contributed by atoms with Crippen LogP contribution >= 0.6 is 0 Å². The molecule has 0 amide bonds. The van der Waals surface area contributed by atoms with Gasteiger partial charge in [0.25, 0.3) is 0 Å². The monoisotopic (exact) mass is 354 g/mol. The smallest absolute Gasteiger partial charge is 0.122 e. The number of benzene rings is 2. The number of hydrogen-bond acceptors (Lipinski definition) is 2. The highest BCUT2D eigenvalue weighted by Crippen LogP contribution is 2.43. The average Bonchev–Trinajstić information content (AvgIpc) is 2.62. The molecule has 2 atom stereocenters. The maximum atomic E-state index is 10.9. The maximum absolute atomic E-state index is 10.9. The first kappa shape index (κ1) is 20.4. The molecule has 0 heterocycles. The van der Waals surface area contributed by atoms with Gasteiger partial charge in [0, 0.05) is 17.0 Å². The third-order valence-electron chi connectivity index (χ3n) is 5.85. The first-order chi connectivity index (χ1) is 12.2. The third-order valence-corrected chi connectivity index (χ3v) is 5.85. The molecular weight excluding hydrogens is 320 g/mol. The van der Waals surface area contributed by atoms with E-state index >= 15 is 0 Å². The lowest BCUT2D eigenvalue weighted by molar-refractivity contribution is 0.443. The van der Waals surface area contributed by atoms with Crippen LogP contribution in [0.2, 0.25) is 0 Å². The molecule has 0 saturated heterocycles. The highest BCUT2D eigenvalue weighted by atomic mass is 16.3. The molecule has 0 spiro atoms. The van der Waals surface area contributed by atoms with Gasteiger partial charge in [0.05, 0.1) is 0 Å². The van der Waals surface area contributed by atoms with Gasteiger partial charge in [0.1, 0.15) is 11.5 Å². The van der Waals surface area contributed by atoms with Crippen LogP contribution in [0.1, 0.15) is 98.6 Å². The van der Waals surface area contributed by atoms with Gasteiger partial charge in [-0.2, -0.15) is 0 Å². The zero-order chi connectivity index (χ0) is 19.6. The number of hydrogen-bond donors (Lipinski definition) is 2. The molecule has 0 aliphatic carbocycles. The van der Waals surface area contributed by atoms with Gasteiger partial charge in [-0.3, -0.25) is 0 Å². The molecule has 2 aromatic carbocycles. The van der Waals surface area contributed by atoms with Crippen LogP contribution in [0.3, 0.4) is 0 Å². The summed E-state index contributed by atoms with van der Waals surface area (Å²) in [4.78, 5) is 0. The van der Waals surface area contributed by atoms with Crippen molar-refractivity contribution in [1.82, 2.24) is 0 Å². The van der Waals surface area contributed by atoms with E-state index in [-0.39, 0.29) is 5.92 Å². The minimum Gasteiger partial charge on any atom is -0.507 e. The van der Waals surface area contributed by atoms with Crippen LogP contribution in [0.25, 0.3) is 0 Å². The molecule has 2 nitrogen and oxygen atoms in total. The summed E-state index contributed by atoms with van der Waals surface area (Å²) in [5.41, 5.74) is 6.10. The summed E-state index contributed by atoms with van der Waals surface area (Å²) in [7, 11) is 0. The Bertz CT molecular complexity index is 711. The van der Waals surface area contributed by atoms with E-state index in [0.29, 0.717) is 23.3 Å². The van der Waals surface area contributed by atoms with Crippen molar-refractivity contribution in [2.75, 3.05) is 0 Å². The van der Waals surface area contributed by atoms with Crippen LogP contribution in [0.15, 0.2) is 24.3 Å². The maximum Gasteiger partial charge on any atom is 0.122 e. The molecule has 142 valence electrons. The third kappa shape index (κ3) is 3.90. The Morgan fingerprint density at radius 2 is 0.962 bits per heavy atom. The topological polar surface area (TPSA) is 40.5 Å². The minimum atomic E-state index is -0.0691. The molecule has 2 heteroatoms. The first-order valence-electron chi connectivity index (χ1n) is 9.87. The Morgan fingerprint density at radius 1 is 0.654 bits per heavy atom. The molecule has 0 fully saturated rings. The largest absolute Gasteiger partial charge is 0.507 e. The van der Waals surface area contributed by atoms with Crippen molar-refractivity contribution in [3.8, 4) is 11.5 Å². The minimum absolute atomic E-state index is 0.0691. The zero-order valence-corrected chi connectivity index (χ0v) is 17.4. The van der Waals surface area contributed by atoms with E-state index in [0.717, 1.165) is 46.2 Å². The Labute approximate surface area is 158 Å². The van der Waals surface area contributed by atoms with E-state index < -0.39 is 0 Å². The van der Waals surface area contributed by atoms with Gasteiger partial charge < -0.3 is 10.2 Å². The Kier molecular flexibility index (Phi) is 6.39. The second-order valence-electron chi connectivity index (χ2n) is 7.92. The fourth-order valence-corrected chi connectivity index (χ4v) is 3.69. The van der Waals surface area contributed by atoms with E-state index in [1.807, 2.05) is 0 Å². The fraction of sp³-hybridized carbons (Fsp3) is 0.500. The standard InChI is InChI=1S/C24H34O2/c1-8-16(5)19-10-14(3)12-21(23(19)25)18(7)22-13-15(4)11-20(24(22)26)17(6)9-2/h10-13,16-18,25-26H,8-9H2,1-7H3. The van der Waals surface area contributed by atoms with Gasteiger partial charge in [0.2, 0.25) is 0 Å². The molecule has 0 aliphatic rings. The van der Waals surface area contributed by atoms with Crippen molar-refractivity contribution in [3.05, 3.63) is 57.6 Å². The summed E-state index contributed by atoms with van der Waals surface area (Å²) in [6.45, 7) is 14.8. The van der Waals surface area contributed by atoms with E-state index in [1.54, 1.807) is 0 Å². The van der Waals surface area contributed by atoms with Crippen LogP contribution in [0, 0.1) is 13.8 Å². The number of aryl methyl sites for hydroxylation is 2. The second kappa shape index (κ2) is 8.16. The van der Waals surface area contributed by atoms with Crippen LogP contribution in [0.5, 0.6) is 11.5 Å². The molecule has 0 radical (unpaired) electrons. The highest BCUT2D eigenvalue weighted by Gasteiger charge is 2.23. The summed E-state index contributed by atoms with van der Waals surface area (Å²) in [5.74, 6) is 1.30. The van der Waals surface area contributed by atoms with Crippen LogP contribution in [-0.2, 0) is 0 Å². The first-order valence-corrected chi connectivity index (χ1v) is 9.87. The zero-order valence-electron chi connectivity index (χ0n) is 17.4. The summed E-state index contributed by atoms with van der Waals surface area (Å²) in [5, 5.41) is 21.9. The quantitative estimate of drug-likeness (QED) is 0.592. The van der Waals surface area contributed by atoms with Gasteiger partial charge in [-0.05, 0) is 49.7 Å². The Balaban J connectivity index is 2.62. The van der Waals surface area contributed by atoms with Crippen molar-refractivity contribution in [2.24, 2.45) is 0 Å². The van der Waals surface area contributed by atoms with Gasteiger partial charge >= 0.3 is 0 Å². The van der Waals surface area contributed by atoms with E-state index in [1.165, 1.54) is 0 Å². The van der Waals surface area contributed by atoms with Gasteiger partial charge in [-0.15, -0.1) is 0 Å². The molecule has 0 aromatic heterocycles. The molecular formula is C24H34O2. The summed E-state index contributed by atoms with van der Waals surface area (Å²) in [6.07, 6.45) is 1.97. The second-order valence-corrected chi connectivity index (χ2v) is 7.92. The number of rotatable bonds is 6. The Morgan fingerprint density at radius 3 is 1.27 bits per heavy atom. The number of phenolic OH excluding ortho intramolecular Hbond substituents is 2. The van der Waals surface area contributed by atoms with E-state index in [2.05, 4.69) is 72.7 Å². The van der Waals surface area contributed by atoms with Gasteiger partial charge in [-0.1, -0.05) is 70.0 Å². The molecule has 2 aromatic rings. The van der Waals surface area contributed by atoms with E-state index in [9.17, 15) is 10.2 Å². The van der Waals surface area contributed by atoms with Gasteiger partial charge in [0.15, 0.2) is 0 Å². The summed E-state index contributed by atoms with van der Waals surface area (Å²) in [6, 6.07) is 8.27. The molecule has 2 unspecified atom stereocenters. The average molecular weight is 355 g/mol. The molecule has 2 rings (SSSR count). The predicted octanol–water partition coefficient (Wildman–Crippen LogP) is 6.89. The van der Waals surface area contributed by atoms with E-state index in [4.69, 9.17) is 0 Å². The van der Waals surface area contributed by atoms with Crippen molar-refractivity contribution >= 4 is 0 Å². The highest BCUT2D eigenvalue weighted by molar-refractivity contribution is 5.54. The molecule has 0 aliphatic heterocycles. The van der Waals surface area contributed by atoms with Gasteiger partial charge in [-0.25, -0.2) is 0 Å². The molecule has 0 bridgehead atoms. The predicted molar refractivity (Wildman–Crippen MR) is 111 cm³/mol. The fourth-order valence-electron chi connectivity index (χ4n) is 3.69. The lowest BCUT2D eigenvalue weighted by Gasteiger charge is -2.23. The number of phenols is 2. The summed E-state index contributed by atoms with van der Waals surface area (Å²) >= 11 is 0. The van der Waals surface area contributed by atoms with Crippen LogP contribution in [-0.4, -0.2) is 10.2 Å². The van der Waals surface area contributed by atoms with Crippen molar-refractivity contribution < 1.29 is 10.2 Å². The Hall–Kier alpha value is -1.96. The summed E-state index contributed by atoms with van der Waals surface area (Å²) < 4.78 is 0. The number of aromatic hydroxyl groups is 2. The SMILES string of the molecule is CCC(C)c1cc(C)cc(C(C)c2cc(C)cc(C(C)CC)c2O)c1O. The molecule has 26 heavy (non-hydrogen) atoms.